The van der Waals surface area contributed by atoms with Crippen LogP contribution in [0.4, 0.5) is 11.6 Å². The van der Waals surface area contributed by atoms with Crippen LogP contribution in [0.25, 0.3) is 0 Å². The zero-order chi connectivity index (χ0) is 12.7. The molecule has 1 heterocycles. The molecule has 0 radical (unpaired) electrons. The SMILES string of the molecule is CCNc1cc(NCC(O)CO)nc(SC)n1. The summed E-state index contributed by atoms with van der Waals surface area (Å²) in [4.78, 5) is 8.53. The Balaban J connectivity index is 2.72. The van der Waals surface area contributed by atoms with E-state index < -0.39 is 6.10 Å². The summed E-state index contributed by atoms with van der Waals surface area (Å²) in [6.07, 6.45) is 1.11. The Bertz CT molecular complexity index is 351. The molecule has 0 aliphatic heterocycles. The van der Waals surface area contributed by atoms with Gasteiger partial charge in [-0.05, 0) is 13.2 Å². The molecule has 0 spiro atoms. The Kier molecular flexibility index (Phi) is 6.03. The third kappa shape index (κ3) is 4.76. The number of aromatic nitrogens is 2. The van der Waals surface area contributed by atoms with Crippen molar-refractivity contribution in [1.82, 2.24) is 9.97 Å². The molecule has 1 atom stereocenters. The first kappa shape index (κ1) is 14.0. The lowest BCUT2D eigenvalue weighted by Gasteiger charge is -2.11. The zero-order valence-corrected chi connectivity index (χ0v) is 10.8. The van der Waals surface area contributed by atoms with Crippen LogP contribution in [0.5, 0.6) is 0 Å². The van der Waals surface area contributed by atoms with Gasteiger partial charge < -0.3 is 20.8 Å². The molecule has 0 aliphatic carbocycles. The molecule has 0 amide bonds. The number of nitrogens with zero attached hydrogens (tertiary/aromatic N) is 2. The highest BCUT2D eigenvalue weighted by Crippen LogP contribution is 2.17. The quantitative estimate of drug-likeness (QED) is 0.415. The van der Waals surface area contributed by atoms with Gasteiger partial charge in [-0.3, -0.25) is 0 Å². The van der Waals surface area contributed by atoms with Crippen LogP contribution < -0.4 is 10.6 Å². The van der Waals surface area contributed by atoms with Crippen molar-refractivity contribution in [2.75, 3.05) is 36.6 Å². The van der Waals surface area contributed by atoms with Gasteiger partial charge in [0.25, 0.3) is 0 Å². The van der Waals surface area contributed by atoms with Gasteiger partial charge in [-0.15, -0.1) is 0 Å². The molecule has 0 bridgehead atoms. The number of aliphatic hydroxyl groups is 2. The number of nitrogens with one attached hydrogen (secondary N) is 2. The van der Waals surface area contributed by atoms with Crippen LogP contribution in [0.1, 0.15) is 6.92 Å². The minimum absolute atomic E-state index is 0.257. The summed E-state index contributed by atoms with van der Waals surface area (Å²) in [5.41, 5.74) is 0. The lowest BCUT2D eigenvalue weighted by atomic mass is 10.4. The number of aliphatic hydroxyl groups excluding tert-OH is 2. The maximum absolute atomic E-state index is 9.24. The van der Waals surface area contributed by atoms with E-state index in [4.69, 9.17) is 5.11 Å². The molecule has 4 N–H and O–H groups in total. The standard InChI is InChI=1S/C10H18N4O2S/c1-3-11-8-4-9(12-5-7(16)6-15)14-10(13-8)17-2/h4,7,15-16H,3,5-6H2,1-2H3,(H2,11,12,13,14). The molecule has 0 saturated carbocycles. The van der Waals surface area contributed by atoms with Crippen LogP contribution in [-0.4, -0.2) is 52.2 Å². The highest BCUT2D eigenvalue weighted by molar-refractivity contribution is 7.98. The van der Waals surface area contributed by atoms with Crippen molar-refractivity contribution in [2.24, 2.45) is 0 Å². The number of hydrogen-bond acceptors (Lipinski definition) is 7. The molecule has 1 aromatic rings. The number of anilines is 2. The smallest absolute Gasteiger partial charge is 0.191 e. The summed E-state index contributed by atoms with van der Waals surface area (Å²) in [6, 6.07) is 1.77. The molecular weight excluding hydrogens is 240 g/mol. The van der Waals surface area contributed by atoms with Crippen LogP contribution in [0.15, 0.2) is 11.2 Å². The van der Waals surface area contributed by atoms with Gasteiger partial charge in [0, 0.05) is 19.2 Å². The third-order valence-corrected chi connectivity index (χ3v) is 2.52. The molecule has 1 rings (SSSR count). The first-order chi connectivity index (χ1) is 8.19. The van der Waals surface area contributed by atoms with Crippen molar-refractivity contribution in [2.45, 2.75) is 18.2 Å². The van der Waals surface area contributed by atoms with Gasteiger partial charge in [0.1, 0.15) is 11.6 Å². The number of hydrogen-bond donors (Lipinski definition) is 4. The van der Waals surface area contributed by atoms with Crippen LogP contribution >= 0.6 is 11.8 Å². The van der Waals surface area contributed by atoms with Gasteiger partial charge in [-0.25, -0.2) is 9.97 Å². The fraction of sp³-hybridized carbons (Fsp3) is 0.600. The maximum atomic E-state index is 9.24. The predicted molar refractivity (Wildman–Crippen MR) is 69.6 cm³/mol. The molecule has 7 heteroatoms. The van der Waals surface area contributed by atoms with Gasteiger partial charge >= 0.3 is 0 Å². The Morgan fingerprint density at radius 2 is 2.00 bits per heavy atom. The average molecular weight is 258 g/mol. The zero-order valence-electron chi connectivity index (χ0n) is 9.97. The minimum atomic E-state index is -0.787. The molecule has 1 aromatic heterocycles. The van der Waals surface area contributed by atoms with E-state index in [2.05, 4.69) is 20.6 Å². The van der Waals surface area contributed by atoms with Crippen LogP contribution in [0.2, 0.25) is 0 Å². The summed E-state index contributed by atoms with van der Waals surface area (Å²) >= 11 is 1.45. The van der Waals surface area contributed by atoms with Gasteiger partial charge in [0.05, 0.1) is 12.7 Å². The first-order valence-corrected chi connectivity index (χ1v) is 6.61. The Hall–Kier alpha value is -1.05. The summed E-state index contributed by atoms with van der Waals surface area (Å²) < 4.78 is 0. The summed E-state index contributed by atoms with van der Waals surface area (Å²) in [7, 11) is 0. The fourth-order valence-corrected chi connectivity index (χ4v) is 1.54. The van der Waals surface area contributed by atoms with Gasteiger partial charge in [-0.2, -0.15) is 0 Å². The molecule has 0 fully saturated rings. The highest BCUT2D eigenvalue weighted by atomic mass is 32.2. The van der Waals surface area contributed by atoms with Crippen LogP contribution in [0, 0.1) is 0 Å². The Labute approximate surface area is 105 Å². The summed E-state index contributed by atoms with van der Waals surface area (Å²) in [5, 5.41) is 24.7. The topological polar surface area (TPSA) is 90.3 Å². The van der Waals surface area contributed by atoms with Gasteiger partial charge in [0.2, 0.25) is 0 Å². The van der Waals surface area contributed by atoms with Gasteiger partial charge in [0.15, 0.2) is 5.16 Å². The lowest BCUT2D eigenvalue weighted by Crippen LogP contribution is -2.23. The van der Waals surface area contributed by atoms with Crippen molar-refractivity contribution in [3.05, 3.63) is 6.07 Å². The second kappa shape index (κ2) is 7.31. The molecule has 1 unspecified atom stereocenters. The predicted octanol–water partition coefficient (Wildman–Crippen LogP) is 0.395. The van der Waals surface area contributed by atoms with E-state index in [1.807, 2.05) is 13.2 Å². The van der Waals surface area contributed by atoms with Crippen LogP contribution in [0.3, 0.4) is 0 Å². The molecule has 17 heavy (non-hydrogen) atoms. The molecule has 0 saturated heterocycles. The van der Waals surface area contributed by atoms with Crippen LogP contribution in [-0.2, 0) is 0 Å². The normalized spacial score (nSPS) is 12.2. The van der Waals surface area contributed by atoms with E-state index in [0.29, 0.717) is 11.0 Å². The molecule has 6 nitrogen and oxygen atoms in total. The summed E-state index contributed by atoms with van der Waals surface area (Å²) in [6.45, 7) is 2.76. The fourth-order valence-electron chi connectivity index (χ4n) is 1.17. The largest absolute Gasteiger partial charge is 0.394 e. The molecule has 0 aliphatic rings. The molecular formula is C10H18N4O2S. The molecule has 96 valence electrons. The molecule has 0 aromatic carbocycles. The minimum Gasteiger partial charge on any atom is -0.394 e. The summed E-state index contributed by atoms with van der Waals surface area (Å²) in [5.74, 6) is 1.38. The highest BCUT2D eigenvalue weighted by Gasteiger charge is 2.05. The van der Waals surface area contributed by atoms with Crippen molar-refractivity contribution in [3.8, 4) is 0 Å². The third-order valence-electron chi connectivity index (χ3n) is 1.98. The average Bonchev–Trinajstić information content (AvgIpc) is 2.36. The van der Waals surface area contributed by atoms with E-state index in [-0.39, 0.29) is 13.2 Å². The Morgan fingerprint density at radius 1 is 1.35 bits per heavy atom. The monoisotopic (exact) mass is 258 g/mol. The van der Waals surface area contributed by atoms with E-state index in [9.17, 15) is 5.11 Å². The first-order valence-electron chi connectivity index (χ1n) is 5.39. The van der Waals surface area contributed by atoms with E-state index in [0.717, 1.165) is 12.4 Å². The van der Waals surface area contributed by atoms with Crippen molar-refractivity contribution >= 4 is 23.4 Å². The van der Waals surface area contributed by atoms with E-state index in [1.165, 1.54) is 11.8 Å². The van der Waals surface area contributed by atoms with E-state index >= 15 is 0 Å². The number of rotatable bonds is 7. The number of thioether (sulfide) groups is 1. The van der Waals surface area contributed by atoms with E-state index in [1.54, 1.807) is 6.07 Å². The van der Waals surface area contributed by atoms with Crippen molar-refractivity contribution < 1.29 is 10.2 Å². The maximum Gasteiger partial charge on any atom is 0.191 e. The Morgan fingerprint density at radius 3 is 2.53 bits per heavy atom. The van der Waals surface area contributed by atoms with Gasteiger partial charge in [-0.1, -0.05) is 11.8 Å². The van der Waals surface area contributed by atoms with Crippen molar-refractivity contribution in [1.29, 1.82) is 0 Å². The lowest BCUT2D eigenvalue weighted by molar-refractivity contribution is 0.105. The second-order valence-electron chi connectivity index (χ2n) is 3.37. The van der Waals surface area contributed by atoms with Crippen molar-refractivity contribution in [3.63, 3.8) is 0 Å². The second-order valence-corrected chi connectivity index (χ2v) is 4.15.